The highest BCUT2D eigenvalue weighted by Gasteiger charge is 2.27. The summed E-state index contributed by atoms with van der Waals surface area (Å²) >= 11 is 0. The van der Waals surface area contributed by atoms with Gasteiger partial charge in [-0.2, -0.15) is 0 Å². The molecule has 0 saturated carbocycles. The van der Waals surface area contributed by atoms with Crippen LogP contribution in [0.15, 0.2) is 24.3 Å². The van der Waals surface area contributed by atoms with Crippen molar-refractivity contribution >= 4 is 9.84 Å². The number of halogens is 1. The monoisotopic (exact) mass is 274 g/mol. The zero-order valence-corrected chi connectivity index (χ0v) is 11.5. The fraction of sp³-hybridized carbons (Fsp3) is 0.538. The van der Waals surface area contributed by atoms with Crippen LogP contribution in [-0.2, 0) is 15.4 Å². The van der Waals surface area contributed by atoms with E-state index >= 15 is 0 Å². The minimum atomic E-state index is -3.03. The predicted octanol–water partition coefficient (Wildman–Crippen LogP) is 2.25. The second-order valence-electron chi connectivity index (χ2n) is 4.63. The summed E-state index contributed by atoms with van der Waals surface area (Å²) in [6.07, 6.45) is 2.25. The molecule has 18 heavy (non-hydrogen) atoms. The van der Waals surface area contributed by atoms with E-state index in [1.807, 2.05) is 0 Å². The Hall–Kier alpha value is -0.940. The van der Waals surface area contributed by atoms with Gasteiger partial charge in [-0.15, -0.1) is 0 Å². The Morgan fingerprint density at radius 2 is 2.06 bits per heavy atom. The Balaban J connectivity index is 2.79. The van der Waals surface area contributed by atoms with Crippen molar-refractivity contribution < 1.29 is 17.9 Å². The smallest absolute Gasteiger partial charge is 0.147 e. The molecule has 0 fully saturated rings. The van der Waals surface area contributed by atoms with E-state index in [0.29, 0.717) is 24.8 Å². The summed E-state index contributed by atoms with van der Waals surface area (Å²) in [5.74, 6) is -0.368. The lowest BCUT2D eigenvalue weighted by atomic mass is 9.87. The van der Waals surface area contributed by atoms with Gasteiger partial charge in [-0.25, -0.2) is 12.8 Å². The maximum Gasteiger partial charge on any atom is 0.147 e. The number of sulfone groups is 1. The molecule has 0 radical (unpaired) electrons. The van der Waals surface area contributed by atoms with Gasteiger partial charge in [0, 0.05) is 12.0 Å². The maximum atomic E-state index is 13.1. The number of rotatable bonds is 6. The minimum absolute atomic E-state index is 0.0324. The van der Waals surface area contributed by atoms with Crippen molar-refractivity contribution in [1.29, 1.82) is 0 Å². The molecule has 0 bridgehead atoms. The first-order valence-corrected chi connectivity index (χ1v) is 7.99. The molecule has 5 heteroatoms. The standard InChI is InChI=1S/C13H19FO3S/c1-3-13(15,8-5-9-18(2,16)17)11-6-4-7-12(14)10-11/h4,6-7,10,15H,3,5,8-9H2,1-2H3. The Morgan fingerprint density at radius 3 is 2.56 bits per heavy atom. The van der Waals surface area contributed by atoms with Crippen molar-refractivity contribution in [2.24, 2.45) is 0 Å². The van der Waals surface area contributed by atoms with Crippen LogP contribution in [0.3, 0.4) is 0 Å². The molecule has 0 aliphatic heterocycles. The molecule has 1 N–H and O–H groups in total. The quantitative estimate of drug-likeness (QED) is 0.865. The van der Waals surface area contributed by atoms with E-state index in [1.54, 1.807) is 19.1 Å². The molecule has 3 nitrogen and oxygen atoms in total. The van der Waals surface area contributed by atoms with Gasteiger partial charge in [0.15, 0.2) is 0 Å². The van der Waals surface area contributed by atoms with Gasteiger partial charge in [-0.05, 0) is 37.0 Å². The lowest BCUT2D eigenvalue weighted by molar-refractivity contribution is 0.0225. The average molecular weight is 274 g/mol. The topological polar surface area (TPSA) is 54.4 Å². The second kappa shape index (κ2) is 5.80. The molecule has 0 aliphatic carbocycles. The molecule has 0 aromatic heterocycles. The normalized spacial score (nSPS) is 15.3. The summed E-state index contributed by atoms with van der Waals surface area (Å²) in [5.41, 5.74) is -0.661. The molecular formula is C13H19FO3S. The van der Waals surface area contributed by atoms with Crippen molar-refractivity contribution in [3.8, 4) is 0 Å². The zero-order valence-electron chi connectivity index (χ0n) is 10.7. The highest BCUT2D eigenvalue weighted by molar-refractivity contribution is 7.90. The molecule has 1 atom stereocenters. The van der Waals surface area contributed by atoms with Gasteiger partial charge in [0.2, 0.25) is 0 Å². The van der Waals surface area contributed by atoms with Gasteiger partial charge in [0.1, 0.15) is 15.7 Å². The van der Waals surface area contributed by atoms with Crippen molar-refractivity contribution in [2.75, 3.05) is 12.0 Å². The van der Waals surface area contributed by atoms with Crippen LogP contribution < -0.4 is 0 Å². The number of hydrogen-bond acceptors (Lipinski definition) is 3. The SMILES string of the molecule is CCC(O)(CCCS(C)(=O)=O)c1cccc(F)c1. The largest absolute Gasteiger partial charge is 0.385 e. The molecule has 1 aromatic rings. The van der Waals surface area contributed by atoms with Crippen LogP contribution in [0.4, 0.5) is 4.39 Å². The van der Waals surface area contributed by atoms with Crippen LogP contribution in [0.2, 0.25) is 0 Å². The third-order valence-corrected chi connectivity index (χ3v) is 4.08. The molecule has 102 valence electrons. The van der Waals surface area contributed by atoms with E-state index in [9.17, 15) is 17.9 Å². The molecule has 0 spiro atoms. The van der Waals surface area contributed by atoms with Crippen LogP contribution in [0, 0.1) is 5.82 Å². The fourth-order valence-electron chi connectivity index (χ4n) is 1.93. The second-order valence-corrected chi connectivity index (χ2v) is 6.89. The van der Waals surface area contributed by atoms with Crippen LogP contribution >= 0.6 is 0 Å². The summed E-state index contributed by atoms with van der Waals surface area (Å²) in [6, 6.07) is 5.81. The Morgan fingerprint density at radius 1 is 1.39 bits per heavy atom. The lowest BCUT2D eigenvalue weighted by Crippen LogP contribution is -2.25. The molecule has 0 aliphatic rings. The Kier molecular flexibility index (Phi) is 4.87. The molecule has 1 aromatic carbocycles. The van der Waals surface area contributed by atoms with Crippen molar-refractivity contribution in [2.45, 2.75) is 31.8 Å². The van der Waals surface area contributed by atoms with Gasteiger partial charge >= 0.3 is 0 Å². The van der Waals surface area contributed by atoms with Crippen LogP contribution in [-0.4, -0.2) is 25.5 Å². The third kappa shape index (κ3) is 4.38. The number of aliphatic hydroxyl groups is 1. The van der Waals surface area contributed by atoms with Crippen molar-refractivity contribution in [3.63, 3.8) is 0 Å². The third-order valence-electron chi connectivity index (χ3n) is 3.05. The van der Waals surface area contributed by atoms with E-state index in [4.69, 9.17) is 0 Å². The van der Waals surface area contributed by atoms with Gasteiger partial charge in [-0.3, -0.25) is 0 Å². The van der Waals surface area contributed by atoms with E-state index < -0.39 is 21.3 Å². The first-order valence-electron chi connectivity index (χ1n) is 5.93. The van der Waals surface area contributed by atoms with Gasteiger partial charge in [0.25, 0.3) is 0 Å². The molecule has 0 amide bonds. The van der Waals surface area contributed by atoms with E-state index in [-0.39, 0.29) is 5.75 Å². The highest BCUT2D eigenvalue weighted by atomic mass is 32.2. The van der Waals surface area contributed by atoms with E-state index in [1.165, 1.54) is 18.4 Å². The molecule has 0 saturated heterocycles. The first kappa shape index (κ1) is 15.1. The molecular weight excluding hydrogens is 255 g/mol. The Labute approximate surface area is 108 Å². The summed E-state index contributed by atoms with van der Waals surface area (Å²) in [6.45, 7) is 1.80. The number of hydrogen-bond donors (Lipinski definition) is 1. The molecule has 1 unspecified atom stereocenters. The highest BCUT2D eigenvalue weighted by Crippen LogP contribution is 2.30. The molecule has 1 rings (SSSR count). The lowest BCUT2D eigenvalue weighted by Gasteiger charge is -2.27. The number of benzene rings is 1. The molecule has 0 heterocycles. The summed E-state index contributed by atoms with van der Waals surface area (Å²) in [5, 5.41) is 10.5. The predicted molar refractivity (Wildman–Crippen MR) is 69.5 cm³/mol. The average Bonchev–Trinajstić information content (AvgIpc) is 2.27. The van der Waals surface area contributed by atoms with Crippen molar-refractivity contribution in [3.05, 3.63) is 35.6 Å². The summed E-state index contributed by atoms with van der Waals surface area (Å²) in [7, 11) is -3.03. The first-order chi connectivity index (χ1) is 8.27. The van der Waals surface area contributed by atoms with Crippen LogP contribution in [0.5, 0.6) is 0 Å². The fourth-order valence-corrected chi connectivity index (χ4v) is 2.60. The zero-order chi connectivity index (χ0) is 13.8. The summed E-state index contributed by atoms with van der Waals surface area (Å²) in [4.78, 5) is 0. The van der Waals surface area contributed by atoms with Gasteiger partial charge in [0.05, 0.1) is 5.60 Å². The summed E-state index contributed by atoms with van der Waals surface area (Å²) < 4.78 is 35.2. The van der Waals surface area contributed by atoms with Crippen LogP contribution in [0.1, 0.15) is 31.7 Å². The Bertz CT molecular complexity index is 499. The van der Waals surface area contributed by atoms with E-state index in [2.05, 4.69) is 0 Å². The van der Waals surface area contributed by atoms with E-state index in [0.717, 1.165) is 0 Å². The maximum absolute atomic E-state index is 13.1. The van der Waals surface area contributed by atoms with Crippen LogP contribution in [0.25, 0.3) is 0 Å². The van der Waals surface area contributed by atoms with Crippen molar-refractivity contribution in [1.82, 2.24) is 0 Å². The minimum Gasteiger partial charge on any atom is -0.385 e. The van der Waals surface area contributed by atoms with Gasteiger partial charge < -0.3 is 5.11 Å². The van der Waals surface area contributed by atoms with Gasteiger partial charge in [-0.1, -0.05) is 19.1 Å².